The first-order valence-electron chi connectivity index (χ1n) is 7.66. The molecule has 0 amide bonds. The second-order valence-corrected chi connectivity index (χ2v) is 6.02. The lowest BCUT2D eigenvalue weighted by Crippen LogP contribution is -2.47. The van der Waals surface area contributed by atoms with E-state index < -0.39 is 0 Å². The number of rotatable bonds is 6. The van der Waals surface area contributed by atoms with Crippen LogP contribution in [0.3, 0.4) is 0 Å². The number of hydrogen-bond acceptors (Lipinski definition) is 4. The lowest BCUT2D eigenvalue weighted by molar-refractivity contribution is 0.119. The molecule has 5 heteroatoms. The van der Waals surface area contributed by atoms with Gasteiger partial charge in [-0.1, -0.05) is 18.2 Å². The molecule has 1 saturated heterocycles. The predicted molar refractivity (Wildman–Crippen MR) is 84.6 cm³/mol. The minimum atomic E-state index is -0.130. The molecule has 0 saturated carbocycles. The third-order valence-electron chi connectivity index (χ3n) is 4.10. The van der Waals surface area contributed by atoms with E-state index in [9.17, 15) is 4.39 Å². The maximum absolute atomic E-state index is 14.2. The second kappa shape index (κ2) is 7.84. The molecule has 2 rings (SSSR count). The molecule has 1 fully saturated rings. The maximum atomic E-state index is 14.2. The quantitative estimate of drug-likeness (QED) is 0.848. The van der Waals surface area contributed by atoms with Gasteiger partial charge in [-0.3, -0.25) is 9.80 Å². The smallest absolute Gasteiger partial charge is 0.132 e. The molecule has 0 bridgehead atoms. The van der Waals surface area contributed by atoms with Crippen LogP contribution < -0.4 is 5.73 Å². The van der Waals surface area contributed by atoms with Gasteiger partial charge in [0.05, 0.1) is 0 Å². The highest BCUT2D eigenvalue weighted by atomic mass is 19.1. The van der Waals surface area contributed by atoms with Gasteiger partial charge in [0.15, 0.2) is 0 Å². The van der Waals surface area contributed by atoms with Gasteiger partial charge < -0.3 is 10.6 Å². The highest BCUT2D eigenvalue weighted by Crippen LogP contribution is 2.15. The van der Waals surface area contributed by atoms with E-state index >= 15 is 0 Å². The molecular weight excluding hydrogens is 267 g/mol. The van der Waals surface area contributed by atoms with Gasteiger partial charge in [-0.05, 0) is 14.1 Å². The van der Waals surface area contributed by atoms with E-state index in [1.807, 2.05) is 12.1 Å². The summed E-state index contributed by atoms with van der Waals surface area (Å²) in [6.45, 7) is 7.27. The van der Waals surface area contributed by atoms with E-state index in [-0.39, 0.29) is 12.4 Å². The van der Waals surface area contributed by atoms with Crippen LogP contribution in [0.15, 0.2) is 18.2 Å². The summed E-state index contributed by atoms with van der Waals surface area (Å²) in [4.78, 5) is 7.01. The lowest BCUT2D eigenvalue weighted by Gasteiger charge is -2.35. The monoisotopic (exact) mass is 294 g/mol. The Labute approximate surface area is 127 Å². The summed E-state index contributed by atoms with van der Waals surface area (Å²) in [5, 5.41) is 0. The van der Waals surface area contributed by atoms with Crippen LogP contribution in [0.4, 0.5) is 4.39 Å². The minimum absolute atomic E-state index is 0.130. The van der Waals surface area contributed by atoms with Crippen molar-refractivity contribution >= 4 is 0 Å². The van der Waals surface area contributed by atoms with Crippen molar-refractivity contribution in [1.82, 2.24) is 14.7 Å². The Morgan fingerprint density at radius 2 is 1.71 bits per heavy atom. The Balaban J connectivity index is 1.83. The van der Waals surface area contributed by atoms with Crippen molar-refractivity contribution in [2.45, 2.75) is 13.1 Å². The topological polar surface area (TPSA) is 35.7 Å². The molecule has 2 N–H and O–H groups in total. The molecule has 0 atom stereocenters. The lowest BCUT2D eigenvalue weighted by atomic mass is 10.1. The van der Waals surface area contributed by atoms with Gasteiger partial charge in [0, 0.05) is 63.5 Å². The number of halogens is 1. The molecule has 1 aromatic carbocycles. The molecule has 1 aromatic rings. The summed E-state index contributed by atoms with van der Waals surface area (Å²) in [7, 11) is 4.20. The molecule has 1 aliphatic heterocycles. The zero-order valence-corrected chi connectivity index (χ0v) is 13.2. The number of hydrogen-bond donors (Lipinski definition) is 1. The Bertz CT molecular complexity index is 442. The van der Waals surface area contributed by atoms with Crippen LogP contribution in [0.2, 0.25) is 0 Å². The summed E-state index contributed by atoms with van der Waals surface area (Å²) in [6.07, 6.45) is 0. The van der Waals surface area contributed by atoms with Gasteiger partial charge in [-0.15, -0.1) is 0 Å². The van der Waals surface area contributed by atoms with E-state index in [1.54, 1.807) is 6.07 Å². The summed E-state index contributed by atoms with van der Waals surface area (Å²) in [5.74, 6) is -0.130. The average molecular weight is 294 g/mol. The van der Waals surface area contributed by atoms with Gasteiger partial charge in [0.2, 0.25) is 0 Å². The zero-order valence-electron chi connectivity index (χ0n) is 13.2. The first kappa shape index (κ1) is 16.4. The normalized spacial score (nSPS) is 17.6. The van der Waals surface area contributed by atoms with E-state index in [2.05, 4.69) is 28.8 Å². The number of piperazine rings is 1. The van der Waals surface area contributed by atoms with E-state index in [0.717, 1.165) is 44.8 Å². The number of nitrogens with two attached hydrogens (primary N) is 1. The highest BCUT2D eigenvalue weighted by molar-refractivity contribution is 5.25. The number of nitrogens with zero attached hydrogens (tertiary/aromatic N) is 3. The fraction of sp³-hybridized carbons (Fsp3) is 0.625. The third-order valence-corrected chi connectivity index (χ3v) is 4.10. The first-order valence-corrected chi connectivity index (χ1v) is 7.66. The molecule has 0 radical (unpaired) electrons. The SMILES string of the molecule is CN(C)CCN1CCN(Cc2cccc(CN)c2F)CC1. The molecule has 118 valence electrons. The zero-order chi connectivity index (χ0) is 15.2. The molecule has 0 unspecified atom stereocenters. The van der Waals surface area contributed by atoms with Crippen molar-refractivity contribution in [3.63, 3.8) is 0 Å². The van der Waals surface area contributed by atoms with Crippen LogP contribution in [0, 0.1) is 5.82 Å². The molecule has 0 aromatic heterocycles. The summed E-state index contributed by atoms with van der Waals surface area (Å²) < 4.78 is 14.2. The van der Waals surface area contributed by atoms with Crippen molar-refractivity contribution in [3.8, 4) is 0 Å². The van der Waals surface area contributed by atoms with Crippen LogP contribution in [-0.4, -0.2) is 68.1 Å². The highest BCUT2D eigenvalue weighted by Gasteiger charge is 2.18. The van der Waals surface area contributed by atoms with Crippen LogP contribution in [0.1, 0.15) is 11.1 Å². The number of benzene rings is 1. The van der Waals surface area contributed by atoms with Crippen molar-refractivity contribution in [2.24, 2.45) is 5.73 Å². The summed E-state index contributed by atoms with van der Waals surface area (Å²) >= 11 is 0. The second-order valence-electron chi connectivity index (χ2n) is 6.02. The Hall–Kier alpha value is -1.01. The van der Waals surface area contributed by atoms with Crippen molar-refractivity contribution in [1.29, 1.82) is 0 Å². The van der Waals surface area contributed by atoms with Crippen molar-refractivity contribution in [2.75, 3.05) is 53.4 Å². The number of likely N-dealkylation sites (N-methyl/N-ethyl adjacent to an activating group) is 1. The van der Waals surface area contributed by atoms with Crippen molar-refractivity contribution in [3.05, 3.63) is 35.1 Å². The maximum Gasteiger partial charge on any atom is 0.132 e. The largest absolute Gasteiger partial charge is 0.326 e. The van der Waals surface area contributed by atoms with Crippen LogP contribution in [0.5, 0.6) is 0 Å². The fourth-order valence-corrected chi connectivity index (χ4v) is 2.67. The molecule has 0 aliphatic carbocycles. The third kappa shape index (κ3) is 4.74. The molecule has 0 spiro atoms. The van der Waals surface area contributed by atoms with Crippen LogP contribution in [-0.2, 0) is 13.1 Å². The van der Waals surface area contributed by atoms with E-state index in [1.165, 1.54) is 0 Å². The Kier molecular flexibility index (Phi) is 6.11. The van der Waals surface area contributed by atoms with Gasteiger partial charge >= 0.3 is 0 Å². The van der Waals surface area contributed by atoms with Gasteiger partial charge in [0.25, 0.3) is 0 Å². The van der Waals surface area contributed by atoms with E-state index in [4.69, 9.17) is 5.73 Å². The predicted octanol–water partition coefficient (Wildman–Crippen LogP) is 0.964. The Morgan fingerprint density at radius 1 is 1.10 bits per heavy atom. The average Bonchev–Trinajstić information content (AvgIpc) is 2.48. The molecule has 21 heavy (non-hydrogen) atoms. The van der Waals surface area contributed by atoms with Crippen LogP contribution >= 0.6 is 0 Å². The van der Waals surface area contributed by atoms with Crippen LogP contribution in [0.25, 0.3) is 0 Å². The molecular formula is C16H27FN4. The molecule has 1 heterocycles. The fourth-order valence-electron chi connectivity index (χ4n) is 2.67. The van der Waals surface area contributed by atoms with Gasteiger partial charge in [-0.2, -0.15) is 0 Å². The summed E-state index contributed by atoms with van der Waals surface area (Å²) in [5.41, 5.74) is 6.94. The minimum Gasteiger partial charge on any atom is -0.326 e. The van der Waals surface area contributed by atoms with Gasteiger partial charge in [0.1, 0.15) is 5.82 Å². The Morgan fingerprint density at radius 3 is 2.33 bits per heavy atom. The summed E-state index contributed by atoms with van der Waals surface area (Å²) in [6, 6.07) is 5.53. The molecule has 4 nitrogen and oxygen atoms in total. The first-order chi connectivity index (χ1) is 10.1. The van der Waals surface area contributed by atoms with E-state index in [0.29, 0.717) is 12.1 Å². The standard InChI is InChI=1S/C16H27FN4/c1-19(2)6-7-20-8-10-21(11-9-20)13-15-5-3-4-14(12-18)16(15)17/h3-5H,6-13,18H2,1-2H3. The van der Waals surface area contributed by atoms with Crippen molar-refractivity contribution < 1.29 is 4.39 Å². The van der Waals surface area contributed by atoms with Gasteiger partial charge in [-0.25, -0.2) is 4.39 Å². The molecule has 1 aliphatic rings.